The molecule has 0 aromatic rings. The van der Waals surface area contributed by atoms with E-state index < -0.39 is 12.2 Å². The predicted molar refractivity (Wildman–Crippen MR) is 59.0 cm³/mol. The van der Waals surface area contributed by atoms with Gasteiger partial charge in [0.05, 0.1) is 12.2 Å². The van der Waals surface area contributed by atoms with Crippen molar-refractivity contribution >= 4 is 36.8 Å². The third-order valence-corrected chi connectivity index (χ3v) is 2.38. The average Bonchev–Trinajstić information content (AvgIpc) is 2.17. The highest BCUT2D eigenvalue weighted by molar-refractivity contribution is 7.81. The van der Waals surface area contributed by atoms with E-state index in [-0.39, 0.29) is 35.9 Å². The first-order valence-electron chi connectivity index (χ1n) is 4.12. The van der Waals surface area contributed by atoms with E-state index in [4.69, 9.17) is 0 Å². The number of rotatable bonds is 7. The molecule has 0 aliphatic carbocycles. The highest BCUT2D eigenvalue weighted by atomic mass is 32.1. The molecular weight excluding hydrogens is 224 g/mol. The summed E-state index contributed by atoms with van der Waals surface area (Å²) in [5, 5.41) is 18.6. The molecule has 0 saturated carbocycles. The molecule has 2 N–H and O–H groups in total. The molecule has 0 bridgehead atoms. The van der Waals surface area contributed by atoms with E-state index in [1.54, 1.807) is 0 Å². The van der Waals surface area contributed by atoms with E-state index in [9.17, 15) is 19.8 Å². The van der Waals surface area contributed by atoms with Gasteiger partial charge in [-0.1, -0.05) is 0 Å². The van der Waals surface area contributed by atoms with Crippen molar-refractivity contribution < 1.29 is 19.8 Å². The van der Waals surface area contributed by atoms with Gasteiger partial charge in [0.1, 0.15) is 11.6 Å². The van der Waals surface area contributed by atoms with Crippen LogP contribution in [-0.4, -0.2) is 45.5 Å². The van der Waals surface area contributed by atoms with Crippen LogP contribution in [-0.2, 0) is 9.59 Å². The SMILES string of the molecule is O=C(CS)CC(O)C(O)CC(=O)CS. The zero-order valence-corrected chi connectivity index (χ0v) is 9.38. The molecule has 2 unspecified atom stereocenters. The molecule has 0 rings (SSSR count). The lowest BCUT2D eigenvalue weighted by molar-refractivity contribution is -0.124. The molecule has 2 atom stereocenters. The van der Waals surface area contributed by atoms with E-state index >= 15 is 0 Å². The Morgan fingerprint density at radius 3 is 1.43 bits per heavy atom. The Kier molecular flexibility index (Phi) is 7.26. The molecule has 14 heavy (non-hydrogen) atoms. The number of carbonyl (C=O) groups excluding carboxylic acids is 2. The Morgan fingerprint density at radius 2 is 1.21 bits per heavy atom. The molecule has 0 fully saturated rings. The van der Waals surface area contributed by atoms with Crippen molar-refractivity contribution in [3.05, 3.63) is 0 Å². The predicted octanol–water partition coefficient (Wildman–Crippen LogP) is -0.514. The van der Waals surface area contributed by atoms with Crippen LogP contribution in [0.4, 0.5) is 0 Å². The minimum absolute atomic E-state index is 0.0181. The first-order valence-corrected chi connectivity index (χ1v) is 5.39. The van der Waals surface area contributed by atoms with Crippen LogP contribution in [0.25, 0.3) is 0 Å². The zero-order valence-electron chi connectivity index (χ0n) is 7.59. The zero-order chi connectivity index (χ0) is 11.1. The average molecular weight is 238 g/mol. The second-order valence-electron chi connectivity index (χ2n) is 2.94. The van der Waals surface area contributed by atoms with Crippen molar-refractivity contribution in [1.29, 1.82) is 0 Å². The normalized spacial score (nSPS) is 14.9. The molecule has 0 aliphatic heterocycles. The highest BCUT2D eigenvalue weighted by Crippen LogP contribution is 2.06. The topological polar surface area (TPSA) is 74.6 Å². The van der Waals surface area contributed by atoms with Crippen LogP contribution in [0.1, 0.15) is 12.8 Å². The summed E-state index contributed by atoms with van der Waals surface area (Å²) in [4.78, 5) is 21.7. The summed E-state index contributed by atoms with van der Waals surface area (Å²) in [5.41, 5.74) is 0. The molecule has 0 aliphatic rings. The number of ketones is 2. The molecule has 0 spiro atoms. The van der Waals surface area contributed by atoms with Gasteiger partial charge in [-0.2, -0.15) is 25.3 Å². The van der Waals surface area contributed by atoms with Gasteiger partial charge in [-0.15, -0.1) is 0 Å². The van der Waals surface area contributed by atoms with Crippen molar-refractivity contribution in [1.82, 2.24) is 0 Å². The van der Waals surface area contributed by atoms with Crippen molar-refractivity contribution in [2.24, 2.45) is 0 Å². The largest absolute Gasteiger partial charge is 0.390 e. The monoisotopic (exact) mass is 238 g/mol. The molecule has 6 heteroatoms. The molecule has 82 valence electrons. The van der Waals surface area contributed by atoms with Gasteiger partial charge < -0.3 is 10.2 Å². The molecule has 0 heterocycles. The first-order chi connectivity index (χ1) is 6.51. The second kappa shape index (κ2) is 7.28. The maximum absolute atomic E-state index is 10.8. The summed E-state index contributed by atoms with van der Waals surface area (Å²) in [6, 6.07) is 0. The van der Waals surface area contributed by atoms with E-state index in [0.717, 1.165) is 0 Å². The second-order valence-corrected chi connectivity index (χ2v) is 3.57. The molecular formula is C8H14O4S2. The third-order valence-electron chi connectivity index (χ3n) is 1.67. The number of carbonyl (C=O) groups is 2. The number of Topliss-reactive ketones (excluding diaryl/α,β-unsaturated/α-hetero) is 2. The molecule has 0 amide bonds. The highest BCUT2D eigenvalue weighted by Gasteiger charge is 2.21. The summed E-state index contributed by atoms with van der Waals surface area (Å²) in [6.07, 6.45) is -2.74. The number of hydrogen-bond acceptors (Lipinski definition) is 6. The lowest BCUT2D eigenvalue weighted by Crippen LogP contribution is -2.31. The van der Waals surface area contributed by atoms with Gasteiger partial charge in [0.2, 0.25) is 0 Å². The first kappa shape index (κ1) is 14.0. The Labute approximate surface area is 93.5 Å². The summed E-state index contributed by atoms with van der Waals surface area (Å²) in [7, 11) is 0. The van der Waals surface area contributed by atoms with Gasteiger partial charge in [0, 0.05) is 24.3 Å². The third kappa shape index (κ3) is 5.64. The van der Waals surface area contributed by atoms with Crippen molar-refractivity contribution in [3.63, 3.8) is 0 Å². The van der Waals surface area contributed by atoms with E-state index in [1.165, 1.54) is 0 Å². The Hall–Kier alpha value is -0.0400. The maximum atomic E-state index is 10.8. The Balaban J connectivity index is 3.92. The van der Waals surface area contributed by atoms with E-state index in [1.807, 2.05) is 0 Å². The van der Waals surface area contributed by atoms with Crippen LogP contribution in [0.3, 0.4) is 0 Å². The van der Waals surface area contributed by atoms with Gasteiger partial charge >= 0.3 is 0 Å². The standard InChI is InChI=1S/C8H14O4S2/c9-5(3-13)1-7(11)8(12)2-6(10)4-14/h7-8,11-14H,1-4H2. The number of aliphatic hydroxyl groups excluding tert-OH is 2. The summed E-state index contributed by atoms with van der Waals surface area (Å²) in [5.74, 6) is -0.495. The summed E-state index contributed by atoms with van der Waals surface area (Å²) < 4.78 is 0. The molecule has 0 radical (unpaired) electrons. The lowest BCUT2D eigenvalue weighted by atomic mass is 10.0. The van der Waals surface area contributed by atoms with Gasteiger partial charge in [-0.3, -0.25) is 9.59 Å². The van der Waals surface area contributed by atoms with Crippen LogP contribution in [0, 0.1) is 0 Å². The molecule has 0 aromatic heterocycles. The van der Waals surface area contributed by atoms with E-state index in [2.05, 4.69) is 25.3 Å². The molecule has 0 aromatic carbocycles. The minimum Gasteiger partial charge on any atom is -0.390 e. The quantitative estimate of drug-likeness (QED) is 0.451. The number of thiol groups is 2. The van der Waals surface area contributed by atoms with Gasteiger partial charge in [-0.25, -0.2) is 0 Å². The van der Waals surface area contributed by atoms with Crippen LogP contribution >= 0.6 is 25.3 Å². The smallest absolute Gasteiger partial charge is 0.145 e. The van der Waals surface area contributed by atoms with Crippen molar-refractivity contribution in [3.8, 4) is 0 Å². The minimum atomic E-state index is -1.20. The van der Waals surface area contributed by atoms with Gasteiger partial charge in [0.15, 0.2) is 0 Å². The number of hydrogen-bond donors (Lipinski definition) is 4. The Morgan fingerprint density at radius 1 is 0.929 bits per heavy atom. The van der Waals surface area contributed by atoms with Crippen molar-refractivity contribution in [2.45, 2.75) is 25.0 Å². The van der Waals surface area contributed by atoms with Gasteiger partial charge in [-0.05, 0) is 0 Å². The fraction of sp³-hybridized carbons (Fsp3) is 0.750. The fourth-order valence-corrected chi connectivity index (χ4v) is 1.13. The van der Waals surface area contributed by atoms with Crippen LogP contribution < -0.4 is 0 Å². The van der Waals surface area contributed by atoms with Crippen LogP contribution in [0.2, 0.25) is 0 Å². The van der Waals surface area contributed by atoms with Gasteiger partial charge in [0.25, 0.3) is 0 Å². The lowest BCUT2D eigenvalue weighted by Gasteiger charge is -2.15. The molecule has 0 saturated heterocycles. The summed E-state index contributed by atoms with van der Waals surface area (Å²) >= 11 is 7.45. The molecule has 4 nitrogen and oxygen atoms in total. The van der Waals surface area contributed by atoms with Crippen LogP contribution in [0.15, 0.2) is 0 Å². The van der Waals surface area contributed by atoms with E-state index in [0.29, 0.717) is 0 Å². The number of aliphatic hydroxyl groups is 2. The van der Waals surface area contributed by atoms with Crippen LogP contribution in [0.5, 0.6) is 0 Å². The maximum Gasteiger partial charge on any atom is 0.145 e. The fourth-order valence-electron chi connectivity index (χ4n) is 0.868. The summed E-state index contributed by atoms with van der Waals surface area (Å²) in [6.45, 7) is 0. The van der Waals surface area contributed by atoms with Crippen molar-refractivity contribution in [2.75, 3.05) is 11.5 Å². The Bertz CT molecular complexity index is 186.